The number of carboxylic acids is 1. The van der Waals surface area contributed by atoms with Gasteiger partial charge in [0.1, 0.15) is 6.54 Å². The molecular formula is C15H17NO2. The van der Waals surface area contributed by atoms with Crippen molar-refractivity contribution in [2.45, 2.75) is 27.3 Å². The van der Waals surface area contributed by atoms with E-state index in [0.29, 0.717) is 0 Å². The van der Waals surface area contributed by atoms with Gasteiger partial charge < -0.3 is 9.67 Å². The van der Waals surface area contributed by atoms with Crippen molar-refractivity contribution in [2.24, 2.45) is 0 Å². The van der Waals surface area contributed by atoms with Crippen molar-refractivity contribution in [3.05, 3.63) is 47.2 Å². The fourth-order valence-corrected chi connectivity index (χ4v) is 2.08. The summed E-state index contributed by atoms with van der Waals surface area (Å²) in [6.07, 6.45) is 1.87. The van der Waals surface area contributed by atoms with Gasteiger partial charge in [-0.15, -0.1) is 0 Å². The molecule has 94 valence electrons. The van der Waals surface area contributed by atoms with Crippen molar-refractivity contribution < 1.29 is 9.90 Å². The maximum atomic E-state index is 10.9. The molecule has 0 unspecified atom stereocenters. The monoisotopic (exact) mass is 243 g/mol. The van der Waals surface area contributed by atoms with Gasteiger partial charge in [0.25, 0.3) is 0 Å². The fraction of sp³-hybridized carbons (Fsp3) is 0.267. The quantitative estimate of drug-likeness (QED) is 0.899. The summed E-state index contributed by atoms with van der Waals surface area (Å²) in [7, 11) is 0. The van der Waals surface area contributed by atoms with Gasteiger partial charge in [0.05, 0.1) is 0 Å². The van der Waals surface area contributed by atoms with Gasteiger partial charge in [-0.1, -0.05) is 12.1 Å². The molecule has 0 fully saturated rings. The van der Waals surface area contributed by atoms with Crippen molar-refractivity contribution in [2.75, 3.05) is 0 Å². The molecule has 1 heterocycles. The highest BCUT2D eigenvalue weighted by atomic mass is 16.4. The summed E-state index contributed by atoms with van der Waals surface area (Å²) in [6.45, 7) is 6.11. The zero-order valence-electron chi connectivity index (χ0n) is 10.9. The summed E-state index contributed by atoms with van der Waals surface area (Å²) in [6, 6.07) is 8.23. The Morgan fingerprint density at radius 1 is 1.17 bits per heavy atom. The first-order chi connectivity index (χ1) is 8.47. The summed E-state index contributed by atoms with van der Waals surface area (Å²) >= 11 is 0. The Morgan fingerprint density at radius 3 is 2.50 bits per heavy atom. The van der Waals surface area contributed by atoms with Crippen LogP contribution in [0.1, 0.15) is 16.7 Å². The number of aryl methyl sites for hydroxylation is 3. The molecule has 2 rings (SSSR count). The van der Waals surface area contributed by atoms with Gasteiger partial charge >= 0.3 is 5.97 Å². The molecule has 0 saturated heterocycles. The van der Waals surface area contributed by atoms with Gasteiger partial charge in [-0.05, 0) is 55.2 Å². The van der Waals surface area contributed by atoms with Crippen molar-refractivity contribution in [1.29, 1.82) is 0 Å². The van der Waals surface area contributed by atoms with Crippen LogP contribution in [0.25, 0.3) is 11.3 Å². The van der Waals surface area contributed by atoms with Gasteiger partial charge in [0.2, 0.25) is 0 Å². The maximum absolute atomic E-state index is 10.9. The van der Waals surface area contributed by atoms with Crippen LogP contribution in [0.4, 0.5) is 0 Å². The molecule has 0 aliphatic heterocycles. The van der Waals surface area contributed by atoms with Crippen LogP contribution < -0.4 is 0 Å². The average molecular weight is 243 g/mol. The molecule has 2 aromatic rings. The van der Waals surface area contributed by atoms with Crippen LogP contribution in [-0.4, -0.2) is 15.6 Å². The standard InChI is InChI=1S/C15H17NO2/c1-10-6-14(16(8-10)9-15(17)18)13-5-4-11(2)12(3)7-13/h4-8H,9H2,1-3H3,(H,17,18). The molecule has 0 aliphatic carbocycles. The lowest BCUT2D eigenvalue weighted by molar-refractivity contribution is -0.137. The number of carboxylic acid groups (broad SMARTS) is 1. The Kier molecular flexibility index (Phi) is 3.24. The van der Waals surface area contributed by atoms with Crippen LogP contribution in [0, 0.1) is 20.8 Å². The van der Waals surface area contributed by atoms with Crippen LogP contribution >= 0.6 is 0 Å². The Morgan fingerprint density at radius 2 is 1.89 bits per heavy atom. The normalized spacial score (nSPS) is 10.6. The Balaban J connectivity index is 2.49. The predicted octanol–water partition coefficient (Wildman–Crippen LogP) is 3.16. The summed E-state index contributed by atoms with van der Waals surface area (Å²) < 4.78 is 1.78. The van der Waals surface area contributed by atoms with Gasteiger partial charge in [-0.2, -0.15) is 0 Å². The minimum absolute atomic E-state index is 0.00387. The van der Waals surface area contributed by atoms with Crippen LogP contribution in [0.15, 0.2) is 30.5 Å². The first-order valence-electron chi connectivity index (χ1n) is 5.93. The third-order valence-corrected chi connectivity index (χ3v) is 3.14. The molecule has 0 radical (unpaired) electrons. The van der Waals surface area contributed by atoms with Gasteiger partial charge in [0.15, 0.2) is 0 Å². The molecule has 0 atom stereocenters. The van der Waals surface area contributed by atoms with E-state index in [1.54, 1.807) is 4.57 Å². The molecule has 1 N–H and O–H groups in total. The highest BCUT2D eigenvalue weighted by molar-refractivity contribution is 5.70. The first kappa shape index (κ1) is 12.4. The van der Waals surface area contributed by atoms with Crippen LogP contribution in [0.3, 0.4) is 0 Å². The Labute approximate surface area is 107 Å². The Bertz CT molecular complexity index is 597. The number of benzene rings is 1. The van der Waals surface area contributed by atoms with Crippen molar-refractivity contribution in [1.82, 2.24) is 4.57 Å². The number of aliphatic carboxylic acids is 1. The zero-order chi connectivity index (χ0) is 13.3. The largest absolute Gasteiger partial charge is 0.480 e. The van der Waals surface area contributed by atoms with E-state index < -0.39 is 5.97 Å². The van der Waals surface area contributed by atoms with E-state index in [9.17, 15) is 4.79 Å². The van der Waals surface area contributed by atoms with E-state index in [1.807, 2.05) is 25.3 Å². The van der Waals surface area contributed by atoms with Crippen LogP contribution in [0.2, 0.25) is 0 Å². The van der Waals surface area contributed by atoms with Gasteiger partial charge in [-0.3, -0.25) is 4.79 Å². The highest BCUT2D eigenvalue weighted by Gasteiger charge is 2.09. The lowest BCUT2D eigenvalue weighted by Gasteiger charge is -2.08. The second-order valence-electron chi connectivity index (χ2n) is 4.72. The molecule has 0 bridgehead atoms. The number of rotatable bonds is 3. The van der Waals surface area contributed by atoms with E-state index in [2.05, 4.69) is 26.0 Å². The third-order valence-electron chi connectivity index (χ3n) is 3.14. The van der Waals surface area contributed by atoms with Gasteiger partial charge in [-0.25, -0.2) is 0 Å². The molecule has 3 nitrogen and oxygen atoms in total. The molecule has 0 spiro atoms. The second kappa shape index (κ2) is 4.69. The molecular weight excluding hydrogens is 226 g/mol. The smallest absolute Gasteiger partial charge is 0.323 e. The lowest BCUT2D eigenvalue weighted by Crippen LogP contribution is -2.08. The van der Waals surface area contributed by atoms with Crippen LogP contribution in [0.5, 0.6) is 0 Å². The van der Waals surface area contributed by atoms with E-state index in [0.717, 1.165) is 16.8 Å². The third kappa shape index (κ3) is 2.45. The number of hydrogen-bond acceptors (Lipinski definition) is 1. The fourth-order valence-electron chi connectivity index (χ4n) is 2.08. The number of aromatic nitrogens is 1. The maximum Gasteiger partial charge on any atom is 0.323 e. The minimum Gasteiger partial charge on any atom is -0.480 e. The summed E-state index contributed by atoms with van der Waals surface area (Å²) in [5.41, 5.74) is 5.55. The minimum atomic E-state index is -0.823. The molecule has 0 aliphatic rings. The molecule has 1 aromatic heterocycles. The molecule has 0 amide bonds. The van der Waals surface area contributed by atoms with E-state index in [4.69, 9.17) is 5.11 Å². The second-order valence-corrected chi connectivity index (χ2v) is 4.72. The van der Waals surface area contributed by atoms with Gasteiger partial charge in [0, 0.05) is 11.9 Å². The van der Waals surface area contributed by atoms with Crippen molar-refractivity contribution >= 4 is 5.97 Å². The van der Waals surface area contributed by atoms with E-state index in [-0.39, 0.29) is 6.54 Å². The molecule has 1 aromatic carbocycles. The summed E-state index contributed by atoms with van der Waals surface area (Å²) in [4.78, 5) is 10.9. The van der Waals surface area contributed by atoms with E-state index in [1.165, 1.54) is 11.1 Å². The van der Waals surface area contributed by atoms with Crippen molar-refractivity contribution in [3.63, 3.8) is 0 Å². The summed E-state index contributed by atoms with van der Waals surface area (Å²) in [5.74, 6) is -0.823. The van der Waals surface area contributed by atoms with E-state index >= 15 is 0 Å². The number of hydrogen-bond donors (Lipinski definition) is 1. The molecule has 18 heavy (non-hydrogen) atoms. The van der Waals surface area contributed by atoms with Crippen molar-refractivity contribution in [3.8, 4) is 11.3 Å². The highest BCUT2D eigenvalue weighted by Crippen LogP contribution is 2.24. The summed E-state index contributed by atoms with van der Waals surface area (Å²) in [5, 5.41) is 8.93. The first-order valence-corrected chi connectivity index (χ1v) is 5.93. The molecule has 3 heteroatoms. The number of carbonyl (C=O) groups is 1. The van der Waals surface area contributed by atoms with Crippen LogP contribution in [-0.2, 0) is 11.3 Å². The predicted molar refractivity (Wildman–Crippen MR) is 71.7 cm³/mol. The Hall–Kier alpha value is -2.03. The average Bonchev–Trinajstić information content (AvgIpc) is 2.62. The topological polar surface area (TPSA) is 42.2 Å². The molecule has 0 saturated carbocycles. The lowest BCUT2D eigenvalue weighted by atomic mass is 10.0. The number of nitrogens with zero attached hydrogens (tertiary/aromatic N) is 1. The zero-order valence-corrected chi connectivity index (χ0v) is 10.9. The SMILES string of the molecule is Cc1cc(-c2ccc(C)c(C)c2)n(CC(=O)O)c1.